The van der Waals surface area contributed by atoms with Gasteiger partial charge in [0.05, 0.1) is 13.2 Å². The molecule has 0 spiro atoms. The quantitative estimate of drug-likeness (QED) is 0.745. The smallest absolute Gasteiger partial charge is 0.409 e. The third kappa shape index (κ3) is 6.44. The standard InChI is InChI=1S/C13H24N4O4/c1-3-5-14-12(19)15-11(18)10-16-6-8-17(9-7-16)13(20)21-4-2/h3-10H2,1-2H3,(H2,14,15,18,19). The first-order chi connectivity index (χ1) is 10.1. The van der Waals surface area contributed by atoms with Crippen LogP contribution in [0.15, 0.2) is 0 Å². The van der Waals surface area contributed by atoms with Crippen molar-refractivity contribution in [1.29, 1.82) is 0 Å². The highest BCUT2D eigenvalue weighted by Gasteiger charge is 2.23. The van der Waals surface area contributed by atoms with E-state index in [1.807, 2.05) is 11.8 Å². The maximum Gasteiger partial charge on any atom is 0.409 e. The highest BCUT2D eigenvalue weighted by atomic mass is 16.6. The monoisotopic (exact) mass is 300 g/mol. The summed E-state index contributed by atoms with van der Waals surface area (Å²) in [5.74, 6) is -0.340. The van der Waals surface area contributed by atoms with Crippen molar-refractivity contribution in [1.82, 2.24) is 20.4 Å². The van der Waals surface area contributed by atoms with Crippen molar-refractivity contribution in [3.05, 3.63) is 0 Å². The van der Waals surface area contributed by atoms with Gasteiger partial charge in [-0.3, -0.25) is 15.0 Å². The number of nitrogens with zero attached hydrogens (tertiary/aromatic N) is 2. The van der Waals surface area contributed by atoms with Crippen LogP contribution in [0.3, 0.4) is 0 Å². The molecule has 8 nitrogen and oxygen atoms in total. The van der Waals surface area contributed by atoms with Gasteiger partial charge in [0.15, 0.2) is 0 Å². The minimum Gasteiger partial charge on any atom is -0.450 e. The molecule has 0 aromatic heterocycles. The van der Waals surface area contributed by atoms with Gasteiger partial charge in [0, 0.05) is 32.7 Å². The predicted molar refractivity (Wildman–Crippen MR) is 76.9 cm³/mol. The van der Waals surface area contributed by atoms with E-state index in [2.05, 4.69) is 10.6 Å². The molecule has 0 unspecified atom stereocenters. The van der Waals surface area contributed by atoms with Crippen molar-refractivity contribution in [2.45, 2.75) is 20.3 Å². The molecule has 0 aliphatic carbocycles. The molecule has 0 bridgehead atoms. The van der Waals surface area contributed by atoms with Crippen molar-refractivity contribution in [3.63, 3.8) is 0 Å². The van der Waals surface area contributed by atoms with Crippen LogP contribution in [0.4, 0.5) is 9.59 Å². The summed E-state index contributed by atoms with van der Waals surface area (Å²) in [7, 11) is 0. The first-order valence-electron chi connectivity index (χ1n) is 7.28. The molecule has 0 aromatic rings. The van der Waals surface area contributed by atoms with Gasteiger partial charge in [-0.1, -0.05) is 6.92 Å². The van der Waals surface area contributed by atoms with E-state index in [1.54, 1.807) is 11.8 Å². The second kappa shape index (κ2) is 9.17. The van der Waals surface area contributed by atoms with Crippen molar-refractivity contribution >= 4 is 18.0 Å². The molecule has 0 radical (unpaired) electrons. The fourth-order valence-electron chi connectivity index (χ4n) is 1.96. The summed E-state index contributed by atoms with van der Waals surface area (Å²) in [5, 5.41) is 4.86. The number of carbonyl (C=O) groups is 3. The van der Waals surface area contributed by atoms with Crippen LogP contribution in [-0.2, 0) is 9.53 Å². The predicted octanol–water partition coefficient (Wildman–Crippen LogP) is -0.00370. The molecule has 1 aliphatic rings. The molecular weight excluding hydrogens is 276 g/mol. The number of amides is 4. The topological polar surface area (TPSA) is 91.0 Å². The minimum absolute atomic E-state index is 0.149. The summed E-state index contributed by atoms with van der Waals surface area (Å²) in [6.45, 7) is 6.96. The number of hydrogen-bond acceptors (Lipinski definition) is 5. The van der Waals surface area contributed by atoms with Crippen molar-refractivity contribution in [3.8, 4) is 0 Å². The van der Waals surface area contributed by atoms with Crippen LogP contribution in [0.2, 0.25) is 0 Å². The second-order valence-electron chi connectivity index (χ2n) is 4.77. The molecule has 0 saturated carbocycles. The Bertz CT molecular complexity index is 367. The number of ether oxygens (including phenoxy) is 1. The molecule has 1 heterocycles. The van der Waals surface area contributed by atoms with E-state index in [1.165, 1.54) is 0 Å². The molecule has 0 aromatic carbocycles. The zero-order valence-electron chi connectivity index (χ0n) is 12.7. The van der Waals surface area contributed by atoms with E-state index in [4.69, 9.17) is 4.74 Å². The number of urea groups is 1. The fourth-order valence-corrected chi connectivity index (χ4v) is 1.96. The first kappa shape index (κ1) is 17.2. The Labute approximate surface area is 124 Å². The van der Waals surface area contributed by atoms with Gasteiger partial charge in [-0.2, -0.15) is 0 Å². The molecule has 21 heavy (non-hydrogen) atoms. The van der Waals surface area contributed by atoms with Gasteiger partial charge >= 0.3 is 12.1 Å². The van der Waals surface area contributed by atoms with Gasteiger partial charge in [0.2, 0.25) is 5.91 Å². The number of nitrogens with one attached hydrogen (secondary N) is 2. The maximum absolute atomic E-state index is 11.7. The van der Waals surface area contributed by atoms with Crippen molar-refractivity contribution in [2.75, 3.05) is 45.9 Å². The number of hydrogen-bond donors (Lipinski definition) is 2. The van der Waals surface area contributed by atoms with E-state index in [0.29, 0.717) is 39.3 Å². The summed E-state index contributed by atoms with van der Waals surface area (Å²) in [6.07, 6.45) is 0.498. The Balaban J connectivity index is 2.24. The fraction of sp³-hybridized carbons (Fsp3) is 0.769. The molecule has 0 atom stereocenters. The van der Waals surface area contributed by atoms with E-state index >= 15 is 0 Å². The van der Waals surface area contributed by atoms with E-state index in [0.717, 1.165) is 6.42 Å². The van der Waals surface area contributed by atoms with Gasteiger partial charge < -0.3 is 15.0 Å². The normalized spacial score (nSPS) is 15.4. The van der Waals surface area contributed by atoms with Crippen LogP contribution in [0.1, 0.15) is 20.3 Å². The minimum atomic E-state index is -0.466. The van der Waals surface area contributed by atoms with Crippen LogP contribution in [0.5, 0.6) is 0 Å². The molecule has 1 aliphatic heterocycles. The van der Waals surface area contributed by atoms with Crippen molar-refractivity contribution < 1.29 is 19.1 Å². The van der Waals surface area contributed by atoms with Gasteiger partial charge in [-0.25, -0.2) is 9.59 Å². The first-order valence-corrected chi connectivity index (χ1v) is 7.28. The van der Waals surface area contributed by atoms with Crippen LogP contribution < -0.4 is 10.6 Å². The Kier molecular flexibility index (Phi) is 7.52. The molecule has 4 amide bonds. The van der Waals surface area contributed by atoms with E-state index in [9.17, 15) is 14.4 Å². The Morgan fingerprint density at radius 2 is 1.76 bits per heavy atom. The molecule has 120 valence electrons. The summed E-state index contributed by atoms with van der Waals surface area (Å²) in [5.41, 5.74) is 0. The summed E-state index contributed by atoms with van der Waals surface area (Å²) < 4.78 is 4.92. The maximum atomic E-state index is 11.7. The number of imide groups is 1. The zero-order chi connectivity index (χ0) is 15.7. The Hall–Kier alpha value is -1.83. The SMILES string of the molecule is CCCNC(=O)NC(=O)CN1CCN(C(=O)OCC)CC1. The third-order valence-corrected chi connectivity index (χ3v) is 3.05. The third-order valence-electron chi connectivity index (χ3n) is 3.05. The van der Waals surface area contributed by atoms with Crippen molar-refractivity contribution in [2.24, 2.45) is 0 Å². The highest BCUT2D eigenvalue weighted by Crippen LogP contribution is 2.03. The lowest BCUT2D eigenvalue weighted by Gasteiger charge is -2.33. The van der Waals surface area contributed by atoms with E-state index < -0.39 is 6.03 Å². The molecule has 8 heteroatoms. The van der Waals surface area contributed by atoms with E-state index in [-0.39, 0.29) is 18.5 Å². The molecule has 1 saturated heterocycles. The average molecular weight is 300 g/mol. The summed E-state index contributed by atoms with van der Waals surface area (Å²) in [6, 6.07) is -0.466. The highest BCUT2D eigenvalue weighted by molar-refractivity contribution is 5.95. The van der Waals surface area contributed by atoms with Gasteiger partial charge in [-0.15, -0.1) is 0 Å². The van der Waals surface area contributed by atoms with Gasteiger partial charge in [0.25, 0.3) is 0 Å². The lowest BCUT2D eigenvalue weighted by molar-refractivity contribution is -0.121. The molecular formula is C13H24N4O4. The summed E-state index contributed by atoms with van der Waals surface area (Å²) in [4.78, 5) is 38.1. The second-order valence-corrected chi connectivity index (χ2v) is 4.77. The number of piperazine rings is 1. The Morgan fingerprint density at radius 3 is 2.33 bits per heavy atom. The molecule has 2 N–H and O–H groups in total. The number of carbonyl (C=O) groups excluding carboxylic acids is 3. The summed E-state index contributed by atoms with van der Waals surface area (Å²) >= 11 is 0. The van der Waals surface area contributed by atoms with Crippen LogP contribution >= 0.6 is 0 Å². The van der Waals surface area contributed by atoms with Gasteiger partial charge in [-0.05, 0) is 13.3 Å². The van der Waals surface area contributed by atoms with Crippen LogP contribution in [0, 0.1) is 0 Å². The Morgan fingerprint density at radius 1 is 1.10 bits per heavy atom. The average Bonchev–Trinajstić information content (AvgIpc) is 2.46. The molecule has 1 fully saturated rings. The largest absolute Gasteiger partial charge is 0.450 e. The molecule has 1 rings (SSSR count). The van der Waals surface area contributed by atoms with Crippen LogP contribution in [-0.4, -0.2) is 73.7 Å². The number of rotatable bonds is 5. The zero-order valence-corrected chi connectivity index (χ0v) is 12.7. The lowest BCUT2D eigenvalue weighted by atomic mass is 10.3. The van der Waals surface area contributed by atoms with Gasteiger partial charge in [0.1, 0.15) is 0 Å². The lowest BCUT2D eigenvalue weighted by Crippen LogP contribution is -2.52. The van der Waals surface area contributed by atoms with Crippen LogP contribution in [0.25, 0.3) is 0 Å².